The quantitative estimate of drug-likeness (QED) is 0.861. The first-order chi connectivity index (χ1) is 7.72. The molecule has 3 heteroatoms. The second kappa shape index (κ2) is 5.17. The van der Waals surface area contributed by atoms with Gasteiger partial charge >= 0.3 is 0 Å². The van der Waals surface area contributed by atoms with E-state index in [0.717, 1.165) is 35.6 Å². The van der Waals surface area contributed by atoms with E-state index in [9.17, 15) is 5.11 Å². The summed E-state index contributed by atoms with van der Waals surface area (Å²) in [6.45, 7) is 3.00. The third kappa shape index (κ3) is 2.40. The number of benzene rings is 1. The molecule has 0 aliphatic carbocycles. The minimum absolute atomic E-state index is 0.0241. The van der Waals surface area contributed by atoms with Gasteiger partial charge in [0.25, 0.3) is 0 Å². The van der Waals surface area contributed by atoms with Gasteiger partial charge in [-0.25, -0.2) is 0 Å². The fourth-order valence-electron chi connectivity index (χ4n) is 2.33. The molecule has 16 heavy (non-hydrogen) atoms. The summed E-state index contributed by atoms with van der Waals surface area (Å²) in [5.74, 6) is 0.216. The molecule has 2 nitrogen and oxygen atoms in total. The average molecular weight is 241 g/mol. The predicted octanol–water partition coefficient (Wildman–Crippen LogP) is 3.11. The van der Waals surface area contributed by atoms with E-state index in [1.165, 1.54) is 0 Å². The summed E-state index contributed by atoms with van der Waals surface area (Å²) in [5, 5.41) is 10.1. The Morgan fingerprint density at radius 1 is 1.50 bits per heavy atom. The summed E-state index contributed by atoms with van der Waals surface area (Å²) < 4.78 is 5.79. The minimum atomic E-state index is 0.0241. The van der Waals surface area contributed by atoms with Crippen molar-refractivity contribution >= 4 is 11.6 Å². The standard InChI is InChI=1S/C13H17ClO2/c1-9-7-11(14)4-5-12(9)13-10(8-15)3-2-6-16-13/h4-5,7,10,13,15H,2-3,6,8H2,1H3. The molecule has 1 aliphatic heterocycles. The van der Waals surface area contributed by atoms with Crippen LogP contribution >= 0.6 is 11.6 Å². The molecule has 1 aromatic carbocycles. The molecule has 0 spiro atoms. The highest BCUT2D eigenvalue weighted by atomic mass is 35.5. The van der Waals surface area contributed by atoms with Crippen LogP contribution in [0.15, 0.2) is 18.2 Å². The van der Waals surface area contributed by atoms with Crippen LogP contribution in [0, 0.1) is 12.8 Å². The van der Waals surface area contributed by atoms with Gasteiger partial charge in [0.15, 0.2) is 0 Å². The van der Waals surface area contributed by atoms with E-state index in [1.807, 2.05) is 25.1 Å². The maximum Gasteiger partial charge on any atom is 0.0877 e. The van der Waals surface area contributed by atoms with Crippen LogP contribution in [0.1, 0.15) is 30.1 Å². The molecule has 0 amide bonds. The van der Waals surface area contributed by atoms with Crippen molar-refractivity contribution in [1.29, 1.82) is 0 Å². The Hall–Kier alpha value is -0.570. The van der Waals surface area contributed by atoms with Crippen LogP contribution < -0.4 is 0 Å². The zero-order chi connectivity index (χ0) is 11.5. The molecule has 2 atom stereocenters. The van der Waals surface area contributed by atoms with E-state index < -0.39 is 0 Å². The van der Waals surface area contributed by atoms with Crippen LogP contribution in [0.3, 0.4) is 0 Å². The van der Waals surface area contributed by atoms with Crippen molar-refractivity contribution in [2.75, 3.05) is 13.2 Å². The van der Waals surface area contributed by atoms with Gasteiger partial charge in [-0.15, -0.1) is 0 Å². The Labute approximate surface area is 101 Å². The third-order valence-corrected chi connectivity index (χ3v) is 3.45. The average Bonchev–Trinajstić information content (AvgIpc) is 2.29. The first-order valence-corrected chi connectivity index (χ1v) is 6.08. The molecule has 1 aromatic rings. The van der Waals surface area contributed by atoms with Gasteiger partial charge in [-0.05, 0) is 43.0 Å². The molecule has 2 unspecified atom stereocenters. The summed E-state index contributed by atoms with van der Waals surface area (Å²) in [6, 6.07) is 5.84. The first-order valence-electron chi connectivity index (χ1n) is 5.71. The Morgan fingerprint density at radius 2 is 2.31 bits per heavy atom. The van der Waals surface area contributed by atoms with Gasteiger partial charge in [0.05, 0.1) is 6.10 Å². The van der Waals surface area contributed by atoms with E-state index in [0.29, 0.717) is 0 Å². The Balaban J connectivity index is 2.27. The fourth-order valence-corrected chi connectivity index (χ4v) is 2.56. The first kappa shape index (κ1) is 11.9. The third-order valence-electron chi connectivity index (χ3n) is 3.22. The summed E-state index contributed by atoms with van der Waals surface area (Å²) in [4.78, 5) is 0. The highest BCUT2D eigenvalue weighted by Crippen LogP contribution is 2.35. The van der Waals surface area contributed by atoms with Crippen molar-refractivity contribution in [3.05, 3.63) is 34.3 Å². The largest absolute Gasteiger partial charge is 0.396 e. The summed E-state index contributed by atoms with van der Waals surface area (Å²) in [6.07, 6.45) is 2.09. The lowest BCUT2D eigenvalue weighted by atomic mass is 9.88. The Bertz CT molecular complexity index is 365. The van der Waals surface area contributed by atoms with Crippen molar-refractivity contribution < 1.29 is 9.84 Å². The molecule has 1 saturated heterocycles. The van der Waals surface area contributed by atoms with Crippen molar-refractivity contribution in [3.8, 4) is 0 Å². The second-order valence-corrected chi connectivity index (χ2v) is 4.81. The lowest BCUT2D eigenvalue weighted by Crippen LogP contribution is -2.25. The van der Waals surface area contributed by atoms with Crippen LogP contribution in [-0.2, 0) is 4.74 Å². The van der Waals surface area contributed by atoms with Crippen LogP contribution in [0.2, 0.25) is 5.02 Å². The van der Waals surface area contributed by atoms with Gasteiger partial charge in [-0.3, -0.25) is 0 Å². The van der Waals surface area contributed by atoms with Gasteiger partial charge in [-0.1, -0.05) is 17.7 Å². The number of ether oxygens (including phenoxy) is 1. The Morgan fingerprint density at radius 3 is 3.00 bits per heavy atom. The lowest BCUT2D eigenvalue weighted by Gasteiger charge is -2.31. The lowest BCUT2D eigenvalue weighted by molar-refractivity contribution is -0.0460. The van der Waals surface area contributed by atoms with E-state index in [4.69, 9.17) is 16.3 Å². The van der Waals surface area contributed by atoms with E-state index in [-0.39, 0.29) is 18.6 Å². The molecular weight excluding hydrogens is 224 g/mol. The van der Waals surface area contributed by atoms with Crippen molar-refractivity contribution in [2.45, 2.75) is 25.9 Å². The fraction of sp³-hybridized carbons (Fsp3) is 0.538. The highest BCUT2D eigenvalue weighted by Gasteiger charge is 2.27. The predicted molar refractivity (Wildman–Crippen MR) is 64.7 cm³/mol. The second-order valence-electron chi connectivity index (χ2n) is 4.38. The maximum atomic E-state index is 9.36. The monoisotopic (exact) mass is 240 g/mol. The van der Waals surface area contributed by atoms with E-state index >= 15 is 0 Å². The zero-order valence-electron chi connectivity index (χ0n) is 9.45. The van der Waals surface area contributed by atoms with Crippen molar-refractivity contribution in [3.63, 3.8) is 0 Å². The topological polar surface area (TPSA) is 29.5 Å². The minimum Gasteiger partial charge on any atom is -0.396 e. The van der Waals surface area contributed by atoms with E-state index in [1.54, 1.807) is 0 Å². The number of rotatable bonds is 2. The molecule has 1 aliphatic rings. The zero-order valence-corrected chi connectivity index (χ0v) is 10.2. The smallest absolute Gasteiger partial charge is 0.0877 e. The summed E-state index contributed by atoms with van der Waals surface area (Å²) >= 11 is 5.94. The number of aliphatic hydroxyl groups is 1. The van der Waals surface area contributed by atoms with Gasteiger partial charge in [0, 0.05) is 24.2 Å². The molecule has 0 aromatic heterocycles. The molecule has 0 saturated carbocycles. The molecule has 1 N–H and O–H groups in total. The van der Waals surface area contributed by atoms with Crippen molar-refractivity contribution in [1.82, 2.24) is 0 Å². The van der Waals surface area contributed by atoms with Gasteiger partial charge < -0.3 is 9.84 Å². The number of aryl methyl sites for hydroxylation is 1. The molecule has 0 radical (unpaired) electrons. The number of aliphatic hydroxyl groups excluding tert-OH is 1. The SMILES string of the molecule is Cc1cc(Cl)ccc1C1OCCCC1CO. The van der Waals surface area contributed by atoms with Gasteiger partial charge in [0.1, 0.15) is 0 Å². The maximum absolute atomic E-state index is 9.36. The molecular formula is C13H17ClO2. The molecule has 1 fully saturated rings. The number of hydrogen-bond donors (Lipinski definition) is 1. The Kier molecular flexibility index (Phi) is 3.85. The van der Waals surface area contributed by atoms with Crippen LogP contribution in [0.25, 0.3) is 0 Å². The number of hydrogen-bond acceptors (Lipinski definition) is 2. The molecule has 2 rings (SSSR count). The van der Waals surface area contributed by atoms with E-state index in [2.05, 4.69) is 0 Å². The summed E-state index contributed by atoms with van der Waals surface area (Å²) in [5.41, 5.74) is 2.29. The van der Waals surface area contributed by atoms with Crippen LogP contribution in [0.5, 0.6) is 0 Å². The molecule has 88 valence electrons. The highest BCUT2D eigenvalue weighted by molar-refractivity contribution is 6.30. The van der Waals surface area contributed by atoms with Gasteiger partial charge in [-0.2, -0.15) is 0 Å². The molecule has 1 heterocycles. The van der Waals surface area contributed by atoms with Crippen LogP contribution in [-0.4, -0.2) is 18.3 Å². The van der Waals surface area contributed by atoms with Crippen LogP contribution in [0.4, 0.5) is 0 Å². The summed E-state index contributed by atoms with van der Waals surface area (Å²) in [7, 11) is 0. The molecule has 0 bridgehead atoms. The number of halogens is 1. The van der Waals surface area contributed by atoms with Crippen molar-refractivity contribution in [2.24, 2.45) is 5.92 Å². The van der Waals surface area contributed by atoms with Gasteiger partial charge in [0.2, 0.25) is 0 Å². The normalized spacial score (nSPS) is 25.7.